The summed E-state index contributed by atoms with van der Waals surface area (Å²) in [5.41, 5.74) is 1.55. The van der Waals surface area contributed by atoms with Crippen molar-refractivity contribution in [3.05, 3.63) is 63.1 Å². The molecule has 0 saturated heterocycles. The first-order valence-electron chi connectivity index (χ1n) is 5.39. The van der Waals surface area contributed by atoms with Crippen molar-refractivity contribution in [1.29, 1.82) is 0 Å². The van der Waals surface area contributed by atoms with Crippen molar-refractivity contribution in [3.8, 4) is 5.75 Å². The lowest BCUT2D eigenvalue weighted by Crippen LogP contribution is -2.01. The van der Waals surface area contributed by atoms with E-state index in [2.05, 4.69) is 15.9 Å². The summed E-state index contributed by atoms with van der Waals surface area (Å²) in [4.78, 5) is 0. The van der Waals surface area contributed by atoms with Gasteiger partial charge in [0, 0.05) is 4.47 Å². The van der Waals surface area contributed by atoms with Crippen molar-refractivity contribution in [3.63, 3.8) is 0 Å². The third-order valence-corrected chi connectivity index (χ3v) is 3.73. The van der Waals surface area contributed by atoms with Crippen LogP contribution in [0.5, 0.6) is 5.75 Å². The van der Waals surface area contributed by atoms with Gasteiger partial charge in [0.1, 0.15) is 11.9 Å². The number of ether oxygens (including phenoxy) is 1. The first-order valence-corrected chi connectivity index (χ1v) is 6.56. The van der Waals surface area contributed by atoms with Crippen molar-refractivity contribution in [2.24, 2.45) is 0 Å². The van der Waals surface area contributed by atoms with Gasteiger partial charge in [-0.1, -0.05) is 51.8 Å². The molecule has 2 rings (SSSR count). The Bertz CT molecular complexity index is 557. The van der Waals surface area contributed by atoms with Crippen LogP contribution in [0.25, 0.3) is 0 Å². The Labute approximate surface area is 119 Å². The Morgan fingerprint density at radius 1 is 1.22 bits per heavy atom. The molecule has 0 aliphatic heterocycles. The van der Waals surface area contributed by atoms with Crippen LogP contribution in [0.4, 0.5) is 0 Å². The fourth-order valence-corrected chi connectivity index (χ4v) is 2.42. The molecule has 0 aromatic heterocycles. The summed E-state index contributed by atoms with van der Waals surface area (Å²) in [6.45, 7) is 0. The van der Waals surface area contributed by atoms with E-state index in [9.17, 15) is 5.11 Å². The third kappa shape index (κ3) is 2.69. The van der Waals surface area contributed by atoms with E-state index in [1.54, 1.807) is 25.3 Å². The maximum absolute atomic E-state index is 10.4. The van der Waals surface area contributed by atoms with Gasteiger partial charge < -0.3 is 9.84 Å². The van der Waals surface area contributed by atoms with E-state index in [1.807, 2.05) is 24.3 Å². The van der Waals surface area contributed by atoms with Crippen molar-refractivity contribution in [1.82, 2.24) is 0 Å². The lowest BCUT2D eigenvalue weighted by molar-refractivity contribution is 0.219. The zero-order chi connectivity index (χ0) is 13.1. The van der Waals surface area contributed by atoms with Gasteiger partial charge in [0.15, 0.2) is 0 Å². The van der Waals surface area contributed by atoms with E-state index in [-0.39, 0.29) is 0 Å². The quantitative estimate of drug-likeness (QED) is 0.916. The predicted molar refractivity (Wildman–Crippen MR) is 76.2 cm³/mol. The van der Waals surface area contributed by atoms with Gasteiger partial charge in [-0.2, -0.15) is 0 Å². The molecule has 2 aromatic carbocycles. The van der Waals surface area contributed by atoms with Gasteiger partial charge in [-0.15, -0.1) is 0 Å². The topological polar surface area (TPSA) is 29.5 Å². The van der Waals surface area contributed by atoms with Crippen LogP contribution in [0.2, 0.25) is 5.02 Å². The van der Waals surface area contributed by atoms with Crippen LogP contribution in [0, 0.1) is 0 Å². The molecular formula is C14H12BrClO2. The molecule has 2 nitrogen and oxygen atoms in total. The Kier molecular flexibility index (Phi) is 4.27. The number of hydrogen-bond acceptors (Lipinski definition) is 2. The molecule has 0 aliphatic rings. The molecule has 1 N–H and O–H groups in total. The number of benzene rings is 2. The van der Waals surface area contributed by atoms with E-state index in [0.717, 1.165) is 15.6 Å². The van der Waals surface area contributed by atoms with Crippen LogP contribution >= 0.6 is 27.5 Å². The second-order valence-corrected chi connectivity index (χ2v) is 5.08. The lowest BCUT2D eigenvalue weighted by Gasteiger charge is -2.14. The molecule has 0 amide bonds. The van der Waals surface area contributed by atoms with Crippen molar-refractivity contribution >= 4 is 27.5 Å². The second-order valence-electron chi connectivity index (χ2n) is 3.82. The Balaban J connectivity index is 2.40. The van der Waals surface area contributed by atoms with Gasteiger partial charge in [0.05, 0.1) is 12.1 Å². The molecule has 0 heterocycles. The van der Waals surface area contributed by atoms with E-state index in [1.165, 1.54) is 0 Å². The molecule has 0 aliphatic carbocycles. The highest BCUT2D eigenvalue weighted by Gasteiger charge is 2.14. The Morgan fingerprint density at radius 3 is 2.61 bits per heavy atom. The van der Waals surface area contributed by atoms with Crippen molar-refractivity contribution in [2.75, 3.05) is 7.11 Å². The Morgan fingerprint density at radius 2 is 1.94 bits per heavy atom. The smallest absolute Gasteiger partial charge is 0.137 e. The van der Waals surface area contributed by atoms with Gasteiger partial charge in [-0.25, -0.2) is 0 Å². The zero-order valence-corrected chi connectivity index (χ0v) is 12.1. The highest BCUT2D eigenvalue weighted by atomic mass is 79.9. The molecule has 0 radical (unpaired) electrons. The van der Waals surface area contributed by atoms with Crippen molar-refractivity contribution in [2.45, 2.75) is 6.10 Å². The summed E-state index contributed by atoms with van der Waals surface area (Å²) in [7, 11) is 1.55. The van der Waals surface area contributed by atoms with Crippen LogP contribution in [-0.2, 0) is 0 Å². The number of aliphatic hydroxyl groups is 1. The largest absolute Gasteiger partial charge is 0.495 e. The summed E-state index contributed by atoms with van der Waals surface area (Å²) in [5, 5.41) is 10.9. The lowest BCUT2D eigenvalue weighted by atomic mass is 10.0. The molecule has 0 saturated carbocycles. The average molecular weight is 328 g/mol. The summed E-state index contributed by atoms with van der Waals surface area (Å²) < 4.78 is 6.01. The normalized spacial score (nSPS) is 12.2. The molecule has 1 atom stereocenters. The summed E-state index contributed by atoms with van der Waals surface area (Å²) in [6.07, 6.45) is -0.716. The van der Waals surface area contributed by atoms with Gasteiger partial charge >= 0.3 is 0 Å². The third-order valence-electron chi connectivity index (χ3n) is 2.69. The minimum atomic E-state index is -0.716. The highest BCUT2D eigenvalue weighted by molar-refractivity contribution is 9.10. The fraction of sp³-hybridized carbons (Fsp3) is 0.143. The molecule has 1 unspecified atom stereocenters. The average Bonchev–Trinajstić information content (AvgIpc) is 2.39. The number of halogens is 2. The first-order chi connectivity index (χ1) is 8.63. The fourth-order valence-electron chi connectivity index (χ4n) is 1.72. The van der Waals surface area contributed by atoms with E-state index >= 15 is 0 Å². The van der Waals surface area contributed by atoms with Gasteiger partial charge in [-0.05, 0) is 29.3 Å². The number of methoxy groups -OCH3 is 1. The Hall–Kier alpha value is -1.03. The van der Waals surface area contributed by atoms with Crippen LogP contribution < -0.4 is 4.74 Å². The van der Waals surface area contributed by atoms with Gasteiger partial charge in [-0.3, -0.25) is 0 Å². The molecule has 2 aromatic rings. The maximum atomic E-state index is 10.4. The van der Waals surface area contributed by atoms with Gasteiger partial charge in [0.25, 0.3) is 0 Å². The van der Waals surface area contributed by atoms with Crippen LogP contribution in [0.15, 0.2) is 46.9 Å². The molecular weight excluding hydrogens is 316 g/mol. The number of aliphatic hydroxyl groups excluding tert-OH is 1. The summed E-state index contributed by atoms with van der Waals surface area (Å²) >= 11 is 9.39. The zero-order valence-electron chi connectivity index (χ0n) is 9.73. The van der Waals surface area contributed by atoms with Crippen LogP contribution in [-0.4, -0.2) is 12.2 Å². The summed E-state index contributed by atoms with van der Waals surface area (Å²) in [5.74, 6) is 0.556. The van der Waals surface area contributed by atoms with Crippen LogP contribution in [0.3, 0.4) is 0 Å². The maximum Gasteiger partial charge on any atom is 0.137 e. The van der Waals surface area contributed by atoms with E-state index < -0.39 is 6.10 Å². The molecule has 94 valence electrons. The molecule has 0 spiro atoms. The molecule has 4 heteroatoms. The standard InChI is InChI=1S/C14H12BrClO2/c1-18-13-8-9(6-7-12(13)16)14(17)10-4-2-3-5-11(10)15/h2-8,14,17H,1H3. The minimum Gasteiger partial charge on any atom is -0.495 e. The monoisotopic (exact) mass is 326 g/mol. The second kappa shape index (κ2) is 5.74. The first kappa shape index (κ1) is 13.4. The highest BCUT2D eigenvalue weighted by Crippen LogP contribution is 2.32. The van der Waals surface area contributed by atoms with Gasteiger partial charge in [0.2, 0.25) is 0 Å². The molecule has 18 heavy (non-hydrogen) atoms. The minimum absolute atomic E-state index is 0.528. The number of hydrogen-bond donors (Lipinski definition) is 1. The molecule has 0 bridgehead atoms. The molecule has 0 fully saturated rings. The van der Waals surface area contributed by atoms with Crippen molar-refractivity contribution < 1.29 is 9.84 Å². The van der Waals surface area contributed by atoms with E-state index in [0.29, 0.717) is 10.8 Å². The van der Waals surface area contributed by atoms with Crippen LogP contribution in [0.1, 0.15) is 17.2 Å². The predicted octanol–water partition coefficient (Wildman–Crippen LogP) is 4.19. The number of rotatable bonds is 3. The SMILES string of the molecule is COc1cc(C(O)c2ccccc2Br)ccc1Cl. The summed E-state index contributed by atoms with van der Waals surface area (Å²) in [6, 6.07) is 12.8. The van der Waals surface area contributed by atoms with E-state index in [4.69, 9.17) is 16.3 Å².